The van der Waals surface area contributed by atoms with E-state index in [2.05, 4.69) is 44.7 Å². The molecule has 3 aromatic rings. The summed E-state index contributed by atoms with van der Waals surface area (Å²) in [5.74, 6) is 1.36. The molecule has 1 aliphatic rings. The van der Waals surface area contributed by atoms with Gasteiger partial charge in [-0.2, -0.15) is 4.98 Å². The summed E-state index contributed by atoms with van der Waals surface area (Å²) in [6.07, 6.45) is 2.63. The third-order valence-corrected chi connectivity index (χ3v) is 3.92. The van der Waals surface area contributed by atoms with Gasteiger partial charge in [-0.3, -0.25) is 0 Å². The van der Waals surface area contributed by atoms with E-state index < -0.39 is 0 Å². The maximum absolute atomic E-state index is 5.15. The van der Waals surface area contributed by atoms with E-state index in [1.54, 1.807) is 0 Å². The van der Waals surface area contributed by atoms with Gasteiger partial charge in [-0.25, -0.2) is 4.98 Å². The molecule has 1 aliphatic carbocycles. The van der Waals surface area contributed by atoms with Crippen molar-refractivity contribution in [1.82, 2.24) is 15.1 Å². The summed E-state index contributed by atoms with van der Waals surface area (Å²) in [7, 11) is 0. The van der Waals surface area contributed by atoms with Gasteiger partial charge >= 0.3 is 0 Å². The smallest absolute Gasteiger partial charge is 0.263 e. The number of fused-ring (bicyclic) bond motifs is 2. The van der Waals surface area contributed by atoms with Gasteiger partial charge in [-0.1, -0.05) is 29.4 Å². The average Bonchev–Trinajstić information content (AvgIpc) is 2.82. The molecule has 0 saturated heterocycles. The molecular weight excluding hydrogens is 252 g/mol. The fraction of sp³-hybridized carbons (Fsp3) is 0.267. The molecule has 1 aromatic carbocycles. The van der Waals surface area contributed by atoms with Gasteiger partial charge in [-0.05, 0) is 24.5 Å². The summed E-state index contributed by atoms with van der Waals surface area (Å²) < 4.78 is 5.15. The van der Waals surface area contributed by atoms with E-state index in [4.69, 9.17) is 4.52 Å². The van der Waals surface area contributed by atoms with Crippen LogP contribution in [0.2, 0.25) is 0 Å². The average molecular weight is 266 g/mol. The summed E-state index contributed by atoms with van der Waals surface area (Å²) >= 11 is 0. The second kappa shape index (κ2) is 4.30. The fourth-order valence-electron chi connectivity index (χ4n) is 2.82. The Bertz CT molecular complexity index is 780. The number of aryl methyl sites for hydroxylation is 1. The minimum absolute atomic E-state index is 0.536. The fourth-order valence-corrected chi connectivity index (χ4v) is 2.82. The first-order valence-electron chi connectivity index (χ1n) is 6.71. The van der Waals surface area contributed by atoms with Gasteiger partial charge in [0.05, 0.1) is 5.69 Å². The lowest BCUT2D eigenvalue weighted by atomic mass is 9.77. The Hall–Kier alpha value is -2.43. The van der Waals surface area contributed by atoms with Crippen molar-refractivity contribution in [2.45, 2.75) is 19.3 Å². The van der Waals surface area contributed by atoms with Crippen molar-refractivity contribution < 1.29 is 4.52 Å². The van der Waals surface area contributed by atoms with Crippen LogP contribution in [0, 0.1) is 6.92 Å². The Morgan fingerprint density at radius 3 is 3.10 bits per heavy atom. The molecule has 4 rings (SSSR count). The summed E-state index contributed by atoms with van der Waals surface area (Å²) in [5, 5.41) is 8.22. The molecule has 1 N–H and O–H groups in total. The molecule has 1 unspecified atom stereocenters. The van der Waals surface area contributed by atoms with Crippen LogP contribution in [0.4, 0.5) is 5.82 Å². The second-order valence-corrected chi connectivity index (χ2v) is 5.15. The number of hydrogen-bond donors (Lipinski definition) is 1. The highest BCUT2D eigenvalue weighted by atomic mass is 16.5. The summed E-state index contributed by atoms with van der Waals surface area (Å²) in [5.41, 5.74) is 4.24. The van der Waals surface area contributed by atoms with Gasteiger partial charge in [0.25, 0.3) is 5.71 Å². The van der Waals surface area contributed by atoms with Crippen molar-refractivity contribution in [2.24, 2.45) is 0 Å². The van der Waals surface area contributed by atoms with E-state index >= 15 is 0 Å². The molecule has 20 heavy (non-hydrogen) atoms. The monoisotopic (exact) mass is 266 g/mol. The van der Waals surface area contributed by atoms with Crippen molar-refractivity contribution in [2.75, 3.05) is 11.9 Å². The third kappa shape index (κ3) is 1.66. The van der Waals surface area contributed by atoms with E-state index in [0.717, 1.165) is 29.9 Å². The zero-order chi connectivity index (χ0) is 13.5. The SMILES string of the molecule is Cc1noc2ncnc(NCC3Cc4ccccc43)c12. The van der Waals surface area contributed by atoms with Gasteiger partial charge in [0, 0.05) is 12.5 Å². The topological polar surface area (TPSA) is 63.8 Å². The molecule has 0 aliphatic heterocycles. The minimum atomic E-state index is 0.536. The lowest BCUT2D eigenvalue weighted by Crippen LogP contribution is -2.24. The number of nitrogens with zero attached hydrogens (tertiary/aromatic N) is 3. The zero-order valence-corrected chi connectivity index (χ0v) is 11.1. The zero-order valence-electron chi connectivity index (χ0n) is 11.1. The standard InChI is InChI=1S/C15H14N4O/c1-9-13-14(17-8-18-15(13)20-19-9)16-7-11-6-10-4-2-3-5-12(10)11/h2-5,8,11H,6-7H2,1H3,(H,16,17,18). The molecule has 2 heterocycles. The first kappa shape index (κ1) is 11.4. The van der Waals surface area contributed by atoms with Crippen LogP contribution in [-0.4, -0.2) is 21.7 Å². The highest BCUT2D eigenvalue weighted by Crippen LogP contribution is 2.35. The Balaban J connectivity index is 1.57. The Kier molecular flexibility index (Phi) is 2.45. The number of aromatic nitrogens is 3. The Labute approximate surface area is 116 Å². The van der Waals surface area contributed by atoms with Crippen molar-refractivity contribution in [1.29, 1.82) is 0 Å². The van der Waals surface area contributed by atoms with Gasteiger partial charge in [-0.15, -0.1) is 0 Å². The van der Waals surface area contributed by atoms with E-state index in [1.165, 1.54) is 17.5 Å². The van der Waals surface area contributed by atoms with Gasteiger partial charge in [0.2, 0.25) is 0 Å². The molecule has 5 nitrogen and oxygen atoms in total. The summed E-state index contributed by atoms with van der Waals surface area (Å²) in [6.45, 7) is 2.77. The van der Waals surface area contributed by atoms with Crippen LogP contribution in [0.1, 0.15) is 22.7 Å². The molecule has 0 fully saturated rings. The maximum Gasteiger partial charge on any atom is 0.263 e. The molecule has 0 amide bonds. The largest absolute Gasteiger partial charge is 0.369 e. The maximum atomic E-state index is 5.15. The normalized spacial score (nSPS) is 16.8. The predicted molar refractivity (Wildman–Crippen MR) is 75.7 cm³/mol. The lowest BCUT2D eigenvalue weighted by molar-refractivity contribution is 0.442. The van der Waals surface area contributed by atoms with E-state index in [0.29, 0.717) is 11.6 Å². The van der Waals surface area contributed by atoms with Crippen molar-refractivity contribution in [3.8, 4) is 0 Å². The van der Waals surface area contributed by atoms with E-state index in [1.807, 2.05) is 6.92 Å². The van der Waals surface area contributed by atoms with Crippen LogP contribution >= 0.6 is 0 Å². The summed E-state index contributed by atoms with van der Waals surface area (Å²) in [6, 6.07) is 8.58. The Morgan fingerprint density at radius 1 is 1.30 bits per heavy atom. The third-order valence-electron chi connectivity index (χ3n) is 3.92. The number of rotatable bonds is 3. The molecule has 1 atom stereocenters. The lowest BCUT2D eigenvalue weighted by Gasteiger charge is -2.30. The van der Waals surface area contributed by atoms with Crippen LogP contribution < -0.4 is 5.32 Å². The second-order valence-electron chi connectivity index (χ2n) is 5.15. The van der Waals surface area contributed by atoms with Crippen LogP contribution in [0.3, 0.4) is 0 Å². The molecule has 0 radical (unpaired) electrons. The Morgan fingerprint density at radius 2 is 2.20 bits per heavy atom. The van der Waals surface area contributed by atoms with Gasteiger partial charge in [0.1, 0.15) is 17.5 Å². The quantitative estimate of drug-likeness (QED) is 0.789. The first-order chi connectivity index (χ1) is 9.83. The number of hydrogen-bond acceptors (Lipinski definition) is 5. The van der Waals surface area contributed by atoms with E-state index in [-0.39, 0.29) is 0 Å². The van der Waals surface area contributed by atoms with Crippen molar-refractivity contribution >= 4 is 16.9 Å². The van der Waals surface area contributed by atoms with Crippen LogP contribution in [0.5, 0.6) is 0 Å². The number of benzene rings is 1. The number of anilines is 1. The minimum Gasteiger partial charge on any atom is -0.369 e. The summed E-state index contributed by atoms with van der Waals surface area (Å²) in [4.78, 5) is 8.38. The van der Waals surface area contributed by atoms with Crippen LogP contribution in [0.15, 0.2) is 35.1 Å². The van der Waals surface area contributed by atoms with Gasteiger partial charge in [0.15, 0.2) is 0 Å². The molecule has 0 bridgehead atoms. The first-order valence-corrected chi connectivity index (χ1v) is 6.71. The van der Waals surface area contributed by atoms with Gasteiger partial charge < -0.3 is 9.84 Å². The van der Waals surface area contributed by atoms with E-state index in [9.17, 15) is 0 Å². The molecule has 100 valence electrons. The number of nitrogens with one attached hydrogen (secondary N) is 1. The van der Waals surface area contributed by atoms with Crippen molar-refractivity contribution in [3.05, 3.63) is 47.4 Å². The molecule has 0 saturated carbocycles. The highest BCUT2D eigenvalue weighted by Gasteiger charge is 2.25. The molecule has 2 aromatic heterocycles. The van der Waals surface area contributed by atoms with Crippen LogP contribution in [-0.2, 0) is 6.42 Å². The predicted octanol–water partition coefficient (Wildman–Crippen LogP) is 2.68. The molecule has 5 heteroatoms. The highest BCUT2D eigenvalue weighted by molar-refractivity contribution is 5.87. The van der Waals surface area contributed by atoms with Crippen LogP contribution in [0.25, 0.3) is 11.1 Å². The molecular formula is C15H14N4O. The molecule has 0 spiro atoms. The van der Waals surface area contributed by atoms with Crippen molar-refractivity contribution in [3.63, 3.8) is 0 Å².